The third-order valence-corrected chi connectivity index (χ3v) is 4.79. The van der Waals surface area contributed by atoms with Crippen LogP contribution >= 0.6 is 0 Å². The number of unbranched alkanes of at least 4 members (excludes halogenated alkanes) is 5. The fourth-order valence-electron chi connectivity index (χ4n) is 2.13. The molecule has 0 aliphatic heterocycles. The van der Waals surface area contributed by atoms with Crippen LogP contribution in [0.2, 0.25) is 39.3 Å². The first-order valence-corrected chi connectivity index (χ1v) is 15.3. The van der Waals surface area contributed by atoms with Gasteiger partial charge in [0, 0.05) is 0 Å². The average molecular weight is 333 g/mol. The van der Waals surface area contributed by atoms with Crippen molar-refractivity contribution >= 4 is 22.6 Å². The highest BCUT2D eigenvalue weighted by atomic mass is 28.4. The van der Waals surface area contributed by atoms with Crippen molar-refractivity contribution in [1.29, 1.82) is 0 Å². The Labute approximate surface area is 134 Å². The normalized spacial score (nSPS) is 14.0. The van der Waals surface area contributed by atoms with Crippen LogP contribution in [0.15, 0.2) is 0 Å². The van der Waals surface area contributed by atoms with E-state index in [1.165, 1.54) is 32.1 Å². The molecule has 0 aromatic carbocycles. The molecular weight excluding hydrogens is 296 g/mol. The van der Waals surface area contributed by atoms with Gasteiger partial charge in [-0.25, -0.2) is 0 Å². The Morgan fingerprint density at radius 2 is 1.38 bits per heavy atom. The van der Waals surface area contributed by atoms with Crippen LogP contribution < -0.4 is 0 Å². The van der Waals surface area contributed by atoms with Crippen molar-refractivity contribution in [3.63, 3.8) is 0 Å². The summed E-state index contributed by atoms with van der Waals surface area (Å²) in [6, 6.07) is 0. The maximum atomic E-state index is 12.3. The van der Waals surface area contributed by atoms with Crippen LogP contribution in [0, 0.1) is 0 Å². The Balaban J connectivity index is 4.30. The standard InChI is InChI=1S/C16H36O3Si2/c1-8-9-10-11-12-13-14-15(18-20(2,3)4)16(17)19-21(5,6)7/h15H,8-14H2,1-7H3. The second-order valence-electron chi connectivity index (χ2n) is 7.81. The molecule has 5 heteroatoms. The third-order valence-electron chi connectivity index (χ3n) is 2.99. The summed E-state index contributed by atoms with van der Waals surface area (Å²) in [6.45, 7) is 14.7. The van der Waals surface area contributed by atoms with E-state index in [0.717, 1.165) is 12.8 Å². The molecule has 0 saturated carbocycles. The highest BCUT2D eigenvalue weighted by molar-refractivity contribution is 6.71. The van der Waals surface area contributed by atoms with Gasteiger partial charge >= 0.3 is 5.97 Å². The Bertz CT molecular complexity index is 293. The topological polar surface area (TPSA) is 35.5 Å². The highest BCUT2D eigenvalue weighted by Gasteiger charge is 2.30. The van der Waals surface area contributed by atoms with Crippen LogP contribution in [0.25, 0.3) is 0 Å². The Morgan fingerprint density at radius 3 is 1.86 bits per heavy atom. The number of carbonyl (C=O) groups excluding carboxylic acids is 1. The van der Waals surface area contributed by atoms with Gasteiger partial charge in [-0.1, -0.05) is 45.4 Å². The van der Waals surface area contributed by atoms with Crippen LogP contribution in [-0.4, -0.2) is 28.7 Å². The minimum absolute atomic E-state index is 0.134. The average Bonchev–Trinajstić information content (AvgIpc) is 2.28. The molecule has 0 heterocycles. The molecule has 0 aromatic heterocycles. The molecule has 0 aromatic rings. The molecule has 0 aliphatic carbocycles. The molecule has 0 saturated heterocycles. The van der Waals surface area contributed by atoms with Gasteiger partial charge in [-0.3, -0.25) is 4.79 Å². The van der Waals surface area contributed by atoms with Crippen molar-refractivity contribution in [3.8, 4) is 0 Å². The number of hydrogen-bond acceptors (Lipinski definition) is 3. The summed E-state index contributed by atoms with van der Waals surface area (Å²) in [7, 11) is -3.56. The van der Waals surface area contributed by atoms with E-state index in [-0.39, 0.29) is 12.1 Å². The fraction of sp³-hybridized carbons (Fsp3) is 0.938. The fourth-order valence-corrected chi connectivity index (χ4v) is 3.93. The number of rotatable bonds is 11. The highest BCUT2D eigenvalue weighted by Crippen LogP contribution is 2.18. The summed E-state index contributed by atoms with van der Waals surface area (Å²) in [4.78, 5) is 12.3. The molecule has 126 valence electrons. The Morgan fingerprint density at radius 1 is 0.857 bits per heavy atom. The zero-order valence-electron chi connectivity index (χ0n) is 15.3. The molecule has 0 radical (unpaired) electrons. The van der Waals surface area contributed by atoms with Gasteiger partial charge in [-0.05, 0) is 45.7 Å². The second kappa shape index (κ2) is 9.79. The summed E-state index contributed by atoms with van der Waals surface area (Å²) >= 11 is 0. The lowest BCUT2D eigenvalue weighted by atomic mass is 10.1. The van der Waals surface area contributed by atoms with Gasteiger partial charge in [0.2, 0.25) is 8.32 Å². The first-order valence-electron chi connectivity index (χ1n) is 8.46. The molecule has 0 amide bonds. The van der Waals surface area contributed by atoms with Crippen molar-refractivity contribution in [1.82, 2.24) is 0 Å². The number of carbonyl (C=O) groups is 1. The first-order chi connectivity index (χ1) is 9.55. The van der Waals surface area contributed by atoms with E-state index in [1.807, 2.05) is 19.6 Å². The van der Waals surface area contributed by atoms with E-state index >= 15 is 0 Å². The lowest BCUT2D eigenvalue weighted by molar-refractivity contribution is -0.143. The molecule has 1 atom stereocenters. The lowest BCUT2D eigenvalue weighted by Crippen LogP contribution is -2.41. The zero-order valence-corrected chi connectivity index (χ0v) is 17.3. The monoisotopic (exact) mass is 332 g/mol. The van der Waals surface area contributed by atoms with Gasteiger partial charge < -0.3 is 8.85 Å². The van der Waals surface area contributed by atoms with E-state index in [0.29, 0.717) is 0 Å². The predicted molar refractivity (Wildman–Crippen MR) is 95.7 cm³/mol. The van der Waals surface area contributed by atoms with Crippen molar-refractivity contribution in [3.05, 3.63) is 0 Å². The Hall–Kier alpha value is -0.136. The van der Waals surface area contributed by atoms with Crippen molar-refractivity contribution in [2.45, 2.75) is 97.3 Å². The summed E-state index contributed by atoms with van der Waals surface area (Å²) in [5.74, 6) is -0.134. The van der Waals surface area contributed by atoms with Crippen LogP contribution in [0.3, 0.4) is 0 Å². The van der Waals surface area contributed by atoms with E-state index in [9.17, 15) is 4.79 Å². The molecule has 1 unspecified atom stereocenters. The van der Waals surface area contributed by atoms with Crippen LogP contribution in [-0.2, 0) is 13.6 Å². The molecular formula is C16H36O3Si2. The van der Waals surface area contributed by atoms with E-state index < -0.39 is 16.6 Å². The quantitative estimate of drug-likeness (QED) is 0.378. The van der Waals surface area contributed by atoms with Crippen LogP contribution in [0.1, 0.15) is 51.9 Å². The summed E-state index contributed by atoms with van der Waals surface area (Å²) in [5.41, 5.74) is 0. The van der Waals surface area contributed by atoms with Gasteiger partial charge in [0.25, 0.3) is 0 Å². The summed E-state index contributed by atoms with van der Waals surface area (Å²) < 4.78 is 11.7. The minimum Gasteiger partial charge on any atom is -0.518 e. The molecule has 0 bridgehead atoms. The van der Waals surface area contributed by atoms with Gasteiger partial charge in [-0.15, -0.1) is 0 Å². The molecule has 0 aliphatic rings. The lowest BCUT2D eigenvalue weighted by Gasteiger charge is -2.28. The molecule has 0 rings (SSSR count). The maximum absolute atomic E-state index is 12.3. The van der Waals surface area contributed by atoms with Crippen molar-refractivity contribution in [2.24, 2.45) is 0 Å². The summed E-state index contributed by atoms with van der Waals surface area (Å²) in [6.07, 6.45) is 7.84. The van der Waals surface area contributed by atoms with Gasteiger partial charge in [0.15, 0.2) is 8.32 Å². The zero-order chi connectivity index (χ0) is 16.5. The Kier molecular flexibility index (Phi) is 9.73. The van der Waals surface area contributed by atoms with Crippen LogP contribution in [0.5, 0.6) is 0 Å². The molecule has 21 heavy (non-hydrogen) atoms. The van der Waals surface area contributed by atoms with Gasteiger partial charge in [0.05, 0.1) is 0 Å². The molecule has 0 N–H and O–H groups in total. The van der Waals surface area contributed by atoms with Gasteiger partial charge in [-0.2, -0.15) is 0 Å². The van der Waals surface area contributed by atoms with Gasteiger partial charge in [0.1, 0.15) is 6.10 Å². The van der Waals surface area contributed by atoms with Crippen molar-refractivity contribution in [2.75, 3.05) is 0 Å². The second-order valence-corrected chi connectivity index (χ2v) is 16.7. The summed E-state index contributed by atoms with van der Waals surface area (Å²) in [5, 5.41) is 0. The SMILES string of the molecule is CCCCCCCCC(O[Si](C)(C)C)C(=O)O[Si](C)(C)C. The third kappa shape index (κ3) is 13.3. The largest absolute Gasteiger partial charge is 0.518 e. The molecule has 0 fully saturated rings. The first kappa shape index (κ1) is 20.9. The van der Waals surface area contributed by atoms with E-state index in [2.05, 4.69) is 26.6 Å². The molecule has 3 nitrogen and oxygen atoms in total. The number of hydrogen-bond donors (Lipinski definition) is 0. The van der Waals surface area contributed by atoms with E-state index in [4.69, 9.17) is 8.85 Å². The van der Waals surface area contributed by atoms with Crippen molar-refractivity contribution < 1.29 is 13.6 Å². The van der Waals surface area contributed by atoms with Crippen LogP contribution in [0.4, 0.5) is 0 Å². The van der Waals surface area contributed by atoms with E-state index in [1.54, 1.807) is 0 Å². The maximum Gasteiger partial charge on any atom is 0.320 e. The molecule has 0 spiro atoms. The smallest absolute Gasteiger partial charge is 0.320 e. The predicted octanol–water partition coefficient (Wildman–Crippen LogP) is 5.34. The minimum atomic E-state index is -1.84.